The summed E-state index contributed by atoms with van der Waals surface area (Å²) < 4.78 is 0. The fourth-order valence-electron chi connectivity index (χ4n) is 5.97. The zero-order valence-corrected chi connectivity index (χ0v) is 15.2. The van der Waals surface area contributed by atoms with E-state index in [0.717, 1.165) is 38.5 Å². The first-order valence-corrected chi connectivity index (χ1v) is 9.37. The van der Waals surface area contributed by atoms with E-state index in [-0.39, 0.29) is 18.0 Å². The van der Waals surface area contributed by atoms with Gasteiger partial charge < -0.3 is 15.7 Å². The third-order valence-corrected chi connectivity index (χ3v) is 6.71. The Morgan fingerprint density at radius 2 is 2.04 bits per heavy atom. The molecule has 0 radical (unpaired) electrons. The maximum atomic E-state index is 13.1. The number of aliphatic hydroxyl groups is 1. The summed E-state index contributed by atoms with van der Waals surface area (Å²) in [5, 5.41) is 20.4. The van der Waals surface area contributed by atoms with Crippen LogP contribution in [0.3, 0.4) is 0 Å². The number of nitrogens with zero attached hydrogens (tertiary/aromatic N) is 2. The summed E-state index contributed by atoms with van der Waals surface area (Å²) in [6.07, 6.45) is 5.84. The Hall–Kier alpha value is -1.12. The Balaban J connectivity index is 1.80. The minimum absolute atomic E-state index is 0.0722. The van der Waals surface area contributed by atoms with Crippen LogP contribution in [0.1, 0.15) is 65.7 Å². The highest BCUT2D eigenvalue weighted by Gasteiger charge is 2.53. The molecule has 134 valence electrons. The van der Waals surface area contributed by atoms with Crippen LogP contribution in [0.25, 0.3) is 0 Å². The lowest BCUT2D eigenvalue weighted by atomic mass is 9.55. The molecule has 2 bridgehead atoms. The van der Waals surface area contributed by atoms with E-state index in [4.69, 9.17) is 5.73 Å². The van der Waals surface area contributed by atoms with Gasteiger partial charge in [-0.15, -0.1) is 0 Å². The summed E-state index contributed by atoms with van der Waals surface area (Å²) in [5.41, 5.74) is 5.40. The van der Waals surface area contributed by atoms with Crippen LogP contribution in [0.2, 0.25) is 0 Å². The van der Waals surface area contributed by atoms with Crippen LogP contribution in [0, 0.1) is 28.6 Å². The van der Waals surface area contributed by atoms with Gasteiger partial charge >= 0.3 is 0 Å². The number of amides is 1. The van der Waals surface area contributed by atoms with Crippen molar-refractivity contribution in [3.63, 3.8) is 0 Å². The highest BCUT2D eigenvalue weighted by molar-refractivity contribution is 5.83. The molecule has 3 aliphatic rings. The van der Waals surface area contributed by atoms with Gasteiger partial charge in [0, 0.05) is 6.04 Å². The number of hydrogen-bond acceptors (Lipinski definition) is 4. The van der Waals surface area contributed by atoms with Crippen molar-refractivity contribution < 1.29 is 9.90 Å². The van der Waals surface area contributed by atoms with Gasteiger partial charge in [0.1, 0.15) is 6.04 Å². The largest absolute Gasteiger partial charge is 0.390 e. The molecular weight excluding hydrogens is 302 g/mol. The average Bonchev–Trinajstić information content (AvgIpc) is 2.84. The number of hydrogen-bond donors (Lipinski definition) is 2. The lowest BCUT2D eigenvalue weighted by Gasteiger charge is -2.53. The van der Waals surface area contributed by atoms with E-state index in [0.29, 0.717) is 18.3 Å². The van der Waals surface area contributed by atoms with Crippen LogP contribution in [0.15, 0.2) is 0 Å². The molecule has 0 aromatic carbocycles. The standard InChI is InChI=1S/C19H31N3O2/c1-12-6-14-8-18(3,11-19(24,7-12)9-14)16(21)17(23)22-13(2)4-5-15(22)10-20/h12-16,24H,4-9,11,21H2,1-3H3/t12?,13-,14?,15+,16-,18?,19?/m1/s1. The summed E-state index contributed by atoms with van der Waals surface area (Å²) in [5.74, 6) is 0.872. The van der Waals surface area contributed by atoms with Crippen molar-refractivity contribution in [3.05, 3.63) is 0 Å². The van der Waals surface area contributed by atoms with Crippen molar-refractivity contribution in [1.29, 1.82) is 5.26 Å². The third kappa shape index (κ3) is 2.95. The minimum Gasteiger partial charge on any atom is -0.390 e. The van der Waals surface area contributed by atoms with Crippen LogP contribution in [0.4, 0.5) is 0 Å². The van der Waals surface area contributed by atoms with Crippen LogP contribution in [-0.2, 0) is 4.79 Å². The SMILES string of the molecule is CC1CC2CC(O)(C1)CC(C)([C@H](N)C(=O)N1[C@H](C)CC[C@H]1C#N)C2. The quantitative estimate of drug-likeness (QED) is 0.810. The monoisotopic (exact) mass is 333 g/mol. The number of nitrogens with two attached hydrogens (primary N) is 1. The maximum Gasteiger partial charge on any atom is 0.241 e. The number of nitriles is 1. The molecule has 4 unspecified atom stereocenters. The molecule has 3 rings (SSSR count). The Labute approximate surface area is 145 Å². The van der Waals surface area contributed by atoms with Gasteiger partial charge in [-0.2, -0.15) is 5.26 Å². The number of carbonyl (C=O) groups excluding carboxylic acids is 1. The van der Waals surface area contributed by atoms with E-state index in [1.807, 2.05) is 6.92 Å². The lowest BCUT2D eigenvalue weighted by Crippen LogP contribution is -2.60. The van der Waals surface area contributed by atoms with Gasteiger partial charge in [-0.1, -0.05) is 13.8 Å². The topological polar surface area (TPSA) is 90.3 Å². The molecular formula is C19H31N3O2. The highest BCUT2D eigenvalue weighted by atomic mass is 16.3. The number of rotatable bonds is 2. The predicted octanol–water partition coefficient (Wildman–Crippen LogP) is 2.18. The molecule has 5 nitrogen and oxygen atoms in total. The molecule has 0 spiro atoms. The van der Waals surface area contributed by atoms with E-state index >= 15 is 0 Å². The van der Waals surface area contributed by atoms with Crippen LogP contribution in [-0.4, -0.2) is 39.6 Å². The molecule has 3 fully saturated rings. The summed E-state index contributed by atoms with van der Waals surface area (Å²) in [6, 6.07) is 1.33. The minimum atomic E-state index is -0.682. The number of fused-ring (bicyclic) bond motifs is 2. The Bertz CT molecular complexity index is 555. The van der Waals surface area contributed by atoms with Gasteiger partial charge in [-0.05, 0) is 69.1 Å². The second-order valence-corrected chi connectivity index (χ2v) is 9.17. The van der Waals surface area contributed by atoms with Gasteiger partial charge in [0.2, 0.25) is 5.91 Å². The van der Waals surface area contributed by atoms with Crippen molar-refractivity contribution in [2.45, 2.75) is 89.4 Å². The van der Waals surface area contributed by atoms with Gasteiger partial charge in [-0.25, -0.2) is 0 Å². The second kappa shape index (κ2) is 6.00. The smallest absolute Gasteiger partial charge is 0.241 e. The molecule has 5 heteroatoms. The highest BCUT2D eigenvalue weighted by Crippen LogP contribution is 2.53. The molecule has 0 aromatic heterocycles. The molecule has 1 heterocycles. The Morgan fingerprint density at radius 3 is 2.67 bits per heavy atom. The van der Waals surface area contributed by atoms with E-state index in [9.17, 15) is 15.2 Å². The Kier molecular flexibility index (Phi) is 4.42. The first kappa shape index (κ1) is 17.7. The van der Waals surface area contributed by atoms with Gasteiger partial charge in [0.05, 0.1) is 17.7 Å². The average molecular weight is 333 g/mol. The van der Waals surface area contributed by atoms with Crippen molar-refractivity contribution in [3.8, 4) is 6.07 Å². The lowest BCUT2D eigenvalue weighted by molar-refractivity contribution is -0.146. The van der Waals surface area contributed by atoms with Crippen molar-refractivity contribution in [1.82, 2.24) is 4.90 Å². The molecule has 0 aromatic rings. The summed E-state index contributed by atoms with van der Waals surface area (Å²) in [6.45, 7) is 6.26. The zero-order valence-electron chi connectivity index (χ0n) is 15.2. The molecule has 7 atom stereocenters. The summed E-state index contributed by atoms with van der Waals surface area (Å²) >= 11 is 0. The predicted molar refractivity (Wildman–Crippen MR) is 91.7 cm³/mol. The van der Waals surface area contributed by atoms with Gasteiger partial charge in [-0.3, -0.25) is 4.79 Å². The molecule has 3 N–H and O–H groups in total. The zero-order chi connectivity index (χ0) is 17.7. The van der Waals surface area contributed by atoms with Crippen LogP contribution in [0.5, 0.6) is 0 Å². The van der Waals surface area contributed by atoms with Gasteiger partial charge in [0.25, 0.3) is 0 Å². The summed E-state index contributed by atoms with van der Waals surface area (Å²) in [4.78, 5) is 14.8. The van der Waals surface area contributed by atoms with Crippen molar-refractivity contribution in [2.75, 3.05) is 0 Å². The van der Waals surface area contributed by atoms with E-state index in [2.05, 4.69) is 19.9 Å². The van der Waals surface area contributed by atoms with Crippen molar-refractivity contribution in [2.24, 2.45) is 23.0 Å². The van der Waals surface area contributed by atoms with Crippen molar-refractivity contribution >= 4 is 5.91 Å². The molecule has 2 saturated carbocycles. The summed E-state index contributed by atoms with van der Waals surface area (Å²) in [7, 11) is 0. The Morgan fingerprint density at radius 1 is 1.33 bits per heavy atom. The van der Waals surface area contributed by atoms with Gasteiger partial charge in [0.15, 0.2) is 0 Å². The molecule has 24 heavy (non-hydrogen) atoms. The first-order chi connectivity index (χ1) is 11.2. The van der Waals surface area contributed by atoms with E-state index in [1.165, 1.54) is 0 Å². The fourth-order valence-corrected chi connectivity index (χ4v) is 5.97. The third-order valence-electron chi connectivity index (χ3n) is 6.71. The normalized spacial score (nSPS) is 46.4. The molecule has 1 aliphatic heterocycles. The maximum absolute atomic E-state index is 13.1. The van der Waals surface area contributed by atoms with E-state index < -0.39 is 17.1 Å². The molecule has 2 aliphatic carbocycles. The number of carbonyl (C=O) groups is 1. The van der Waals surface area contributed by atoms with Crippen LogP contribution >= 0.6 is 0 Å². The van der Waals surface area contributed by atoms with E-state index in [1.54, 1.807) is 4.90 Å². The second-order valence-electron chi connectivity index (χ2n) is 9.17. The number of likely N-dealkylation sites (tertiary alicyclic amines) is 1. The fraction of sp³-hybridized carbons (Fsp3) is 0.895. The first-order valence-electron chi connectivity index (χ1n) is 9.37. The molecule has 1 amide bonds. The molecule has 1 saturated heterocycles. The van der Waals surface area contributed by atoms with Crippen LogP contribution < -0.4 is 5.73 Å².